The smallest absolute Gasteiger partial charge is 0.243 e. The van der Waals surface area contributed by atoms with Gasteiger partial charge >= 0.3 is 0 Å². The summed E-state index contributed by atoms with van der Waals surface area (Å²) in [6, 6.07) is 5.10. The van der Waals surface area contributed by atoms with Crippen LogP contribution in [-0.2, 0) is 14.8 Å². The normalized spacial score (nSPS) is 22.4. The summed E-state index contributed by atoms with van der Waals surface area (Å²) in [6.45, 7) is 5.95. The molecule has 1 N–H and O–H groups in total. The van der Waals surface area contributed by atoms with Crippen molar-refractivity contribution in [3.8, 4) is 0 Å². The minimum Gasteiger partial charge on any atom is -0.390 e. The number of nitrogens with zero attached hydrogens (tertiary/aromatic N) is 3. The largest absolute Gasteiger partial charge is 0.390 e. The lowest BCUT2D eigenvalue weighted by Crippen LogP contribution is -2.52. The molecule has 0 spiro atoms. The van der Waals surface area contributed by atoms with Crippen molar-refractivity contribution >= 4 is 10.0 Å². The molecule has 146 valence electrons. The molecular weight excluding hydrogens is 361 g/mol. The molecule has 3 rings (SSSR count). The van der Waals surface area contributed by atoms with Crippen molar-refractivity contribution in [3.63, 3.8) is 0 Å². The third kappa shape index (κ3) is 4.99. The highest BCUT2D eigenvalue weighted by atomic mass is 32.2. The molecule has 0 aromatic heterocycles. The first-order valence-electron chi connectivity index (χ1n) is 8.91. The summed E-state index contributed by atoms with van der Waals surface area (Å²) in [5, 5.41) is 10.3. The van der Waals surface area contributed by atoms with E-state index in [9.17, 15) is 17.9 Å². The number of rotatable bonds is 6. The van der Waals surface area contributed by atoms with E-state index in [0.717, 1.165) is 19.2 Å². The summed E-state index contributed by atoms with van der Waals surface area (Å²) in [5.41, 5.74) is 0. The molecule has 2 aliphatic rings. The fourth-order valence-electron chi connectivity index (χ4n) is 3.37. The summed E-state index contributed by atoms with van der Waals surface area (Å²) >= 11 is 0. The van der Waals surface area contributed by atoms with Crippen LogP contribution in [0.2, 0.25) is 0 Å². The Bertz CT molecular complexity index is 689. The van der Waals surface area contributed by atoms with Crippen molar-refractivity contribution in [2.75, 3.05) is 65.6 Å². The molecule has 7 nitrogen and oxygen atoms in total. The second-order valence-corrected chi connectivity index (χ2v) is 8.67. The Morgan fingerprint density at radius 1 is 1.04 bits per heavy atom. The van der Waals surface area contributed by atoms with Crippen LogP contribution in [0.1, 0.15) is 0 Å². The minimum absolute atomic E-state index is 0.0155. The highest BCUT2D eigenvalue weighted by Crippen LogP contribution is 2.18. The van der Waals surface area contributed by atoms with Crippen LogP contribution in [0, 0.1) is 5.82 Å². The van der Waals surface area contributed by atoms with Gasteiger partial charge in [-0.05, 0) is 18.2 Å². The maximum Gasteiger partial charge on any atom is 0.243 e. The van der Waals surface area contributed by atoms with Gasteiger partial charge in [0.15, 0.2) is 0 Å². The average Bonchev–Trinajstić information content (AvgIpc) is 2.63. The number of halogens is 1. The fourth-order valence-corrected chi connectivity index (χ4v) is 4.82. The van der Waals surface area contributed by atoms with E-state index in [1.54, 1.807) is 0 Å². The molecule has 2 aliphatic heterocycles. The molecule has 0 aliphatic carbocycles. The molecular formula is C17H26FN3O4S. The monoisotopic (exact) mass is 387 g/mol. The summed E-state index contributed by atoms with van der Waals surface area (Å²) in [7, 11) is -3.68. The Balaban J connectivity index is 1.49. The Kier molecular flexibility index (Phi) is 6.60. The van der Waals surface area contributed by atoms with Crippen LogP contribution in [0.15, 0.2) is 29.2 Å². The Labute approximate surface area is 154 Å². The maximum absolute atomic E-state index is 13.3. The highest BCUT2D eigenvalue weighted by molar-refractivity contribution is 7.89. The predicted molar refractivity (Wildman–Crippen MR) is 94.9 cm³/mol. The minimum atomic E-state index is -3.68. The van der Waals surface area contributed by atoms with Crippen molar-refractivity contribution in [2.24, 2.45) is 0 Å². The molecule has 0 radical (unpaired) electrons. The predicted octanol–water partition coefficient (Wildman–Crippen LogP) is -0.175. The zero-order valence-electron chi connectivity index (χ0n) is 14.8. The van der Waals surface area contributed by atoms with Crippen molar-refractivity contribution < 1.29 is 22.7 Å². The van der Waals surface area contributed by atoms with Gasteiger partial charge in [0.1, 0.15) is 5.82 Å². The molecule has 0 amide bonds. The van der Waals surface area contributed by atoms with Crippen LogP contribution in [0.3, 0.4) is 0 Å². The van der Waals surface area contributed by atoms with Gasteiger partial charge < -0.3 is 9.84 Å². The van der Waals surface area contributed by atoms with Gasteiger partial charge in [-0.15, -0.1) is 0 Å². The number of aliphatic hydroxyl groups is 1. The van der Waals surface area contributed by atoms with Gasteiger partial charge in [-0.1, -0.05) is 6.07 Å². The van der Waals surface area contributed by atoms with E-state index < -0.39 is 21.9 Å². The molecule has 2 heterocycles. The molecule has 1 unspecified atom stereocenters. The second-order valence-electron chi connectivity index (χ2n) is 6.73. The van der Waals surface area contributed by atoms with Gasteiger partial charge in [0.05, 0.1) is 24.2 Å². The van der Waals surface area contributed by atoms with Crippen LogP contribution >= 0.6 is 0 Å². The number of ether oxygens (including phenoxy) is 1. The highest BCUT2D eigenvalue weighted by Gasteiger charge is 2.29. The first kappa shape index (κ1) is 19.7. The van der Waals surface area contributed by atoms with Crippen molar-refractivity contribution in [1.82, 2.24) is 14.1 Å². The van der Waals surface area contributed by atoms with E-state index >= 15 is 0 Å². The Hall–Kier alpha value is -1.10. The number of β-amino-alcohol motifs (C(OH)–C–C–N with tert-alkyl or cyclic N) is 1. The van der Waals surface area contributed by atoms with E-state index in [-0.39, 0.29) is 4.90 Å². The van der Waals surface area contributed by atoms with Crippen molar-refractivity contribution in [1.29, 1.82) is 0 Å². The zero-order chi connectivity index (χ0) is 18.6. The number of hydrogen-bond acceptors (Lipinski definition) is 6. The first-order valence-corrected chi connectivity index (χ1v) is 10.4. The van der Waals surface area contributed by atoms with Crippen molar-refractivity contribution in [3.05, 3.63) is 30.1 Å². The first-order chi connectivity index (χ1) is 12.4. The number of piperazine rings is 1. The quantitative estimate of drug-likeness (QED) is 0.731. The summed E-state index contributed by atoms with van der Waals surface area (Å²) in [6.07, 6.45) is -0.473. The van der Waals surface area contributed by atoms with E-state index in [1.807, 2.05) is 0 Å². The third-order valence-corrected chi connectivity index (χ3v) is 6.70. The van der Waals surface area contributed by atoms with Crippen LogP contribution in [0.5, 0.6) is 0 Å². The second kappa shape index (κ2) is 8.73. The number of sulfonamides is 1. The standard InChI is InChI=1S/C17H26FN3O4S/c18-15-2-1-3-17(12-15)26(23,24)21-6-4-19(5-7-21)13-16(22)14-20-8-10-25-11-9-20/h1-3,12,16,22H,4-11,13-14H2. The molecule has 9 heteroatoms. The van der Waals surface area contributed by atoms with Crippen LogP contribution in [0.25, 0.3) is 0 Å². The van der Waals surface area contributed by atoms with Gasteiger partial charge in [0.25, 0.3) is 0 Å². The molecule has 1 atom stereocenters. The molecule has 0 saturated carbocycles. The van der Waals surface area contributed by atoms with Crippen LogP contribution < -0.4 is 0 Å². The zero-order valence-corrected chi connectivity index (χ0v) is 15.6. The lowest BCUT2D eigenvalue weighted by molar-refractivity contribution is 0.00469. The van der Waals surface area contributed by atoms with Gasteiger partial charge in [-0.2, -0.15) is 4.31 Å². The van der Waals surface area contributed by atoms with Gasteiger partial charge in [-0.25, -0.2) is 12.8 Å². The number of aliphatic hydroxyl groups excluding tert-OH is 1. The van der Waals surface area contributed by atoms with E-state index in [0.29, 0.717) is 52.5 Å². The number of benzene rings is 1. The van der Waals surface area contributed by atoms with Crippen molar-refractivity contribution in [2.45, 2.75) is 11.0 Å². The summed E-state index contributed by atoms with van der Waals surface area (Å²) in [4.78, 5) is 4.24. The third-order valence-electron chi connectivity index (χ3n) is 4.81. The molecule has 1 aromatic carbocycles. The average molecular weight is 387 g/mol. The lowest BCUT2D eigenvalue weighted by Gasteiger charge is -2.36. The molecule has 26 heavy (non-hydrogen) atoms. The number of morpholine rings is 1. The number of hydrogen-bond donors (Lipinski definition) is 1. The SMILES string of the molecule is O=S(=O)(c1cccc(F)c1)N1CCN(CC(O)CN2CCOCC2)CC1. The van der Waals surface area contributed by atoms with Gasteiger partial charge in [0.2, 0.25) is 10.0 Å². The maximum atomic E-state index is 13.3. The summed E-state index contributed by atoms with van der Waals surface area (Å²) in [5.74, 6) is -0.559. The van der Waals surface area contributed by atoms with Crippen LogP contribution in [-0.4, -0.2) is 99.3 Å². The van der Waals surface area contributed by atoms with Crippen LogP contribution in [0.4, 0.5) is 4.39 Å². The fraction of sp³-hybridized carbons (Fsp3) is 0.647. The summed E-state index contributed by atoms with van der Waals surface area (Å²) < 4.78 is 45.2. The Morgan fingerprint density at radius 3 is 2.27 bits per heavy atom. The molecule has 2 saturated heterocycles. The van der Waals surface area contributed by atoms with E-state index in [4.69, 9.17) is 4.74 Å². The van der Waals surface area contributed by atoms with E-state index in [1.165, 1.54) is 22.5 Å². The Morgan fingerprint density at radius 2 is 1.65 bits per heavy atom. The molecule has 1 aromatic rings. The molecule has 2 fully saturated rings. The van der Waals surface area contributed by atoms with Gasteiger partial charge in [0, 0.05) is 52.4 Å². The topological polar surface area (TPSA) is 73.3 Å². The molecule has 0 bridgehead atoms. The van der Waals surface area contributed by atoms with Gasteiger partial charge in [-0.3, -0.25) is 9.80 Å². The lowest BCUT2D eigenvalue weighted by atomic mass is 10.2. The van der Waals surface area contributed by atoms with E-state index in [2.05, 4.69) is 9.80 Å².